The number of para-hydroxylation sites is 1. The van der Waals surface area contributed by atoms with Gasteiger partial charge in [0.1, 0.15) is 0 Å². The standard InChI is InChI=1S/C10H11NS/c1-7(2)10-11-8-5-3-4-6-9(8)12-10/h3-7H,1-2H3/i4T. The summed E-state index contributed by atoms with van der Waals surface area (Å²) in [5.41, 5.74) is 1.02. The van der Waals surface area contributed by atoms with Gasteiger partial charge in [0, 0.05) is 5.92 Å². The summed E-state index contributed by atoms with van der Waals surface area (Å²) >= 11 is 1.69. The molecule has 62 valence electrons. The Balaban J connectivity index is 2.62. The minimum atomic E-state index is 0.478. The van der Waals surface area contributed by atoms with E-state index in [0.717, 1.165) is 15.2 Å². The van der Waals surface area contributed by atoms with Crippen LogP contribution < -0.4 is 0 Å². The first-order valence-corrected chi connectivity index (χ1v) is 4.85. The van der Waals surface area contributed by atoms with Gasteiger partial charge in [-0.05, 0) is 12.1 Å². The third kappa shape index (κ3) is 1.23. The minimum absolute atomic E-state index is 0.478. The van der Waals surface area contributed by atoms with Gasteiger partial charge in [-0.3, -0.25) is 0 Å². The molecule has 1 nitrogen and oxygen atoms in total. The van der Waals surface area contributed by atoms with Crippen molar-refractivity contribution in [2.75, 3.05) is 0 Å². The first-order valence-electron chi connectivity index (χ1n) is 4.54. The highest BCUT2D eigenvalue weighted by Gasteiger charge is 2.05. The van der Waals surface area contributed by atoms with E-state index < -0.39 is 0 Å². The number of hydrogen-bond acceptors (Lipinski definition) is 2. The highest BCUT2D eigenvalue weighted by Crippen LogP contribution is 2.26. The Morgan fingerprint density at radius 1 is 1.50 bits per heavy atom. The second-order valence-electron chi connectivity index (χ2n) is 3.10. The Bertz CT molecular complexity index is 433. The van der Waals surface area contributed by atoms with Crippen molar-refractivity contribution < 1.29 is 1.37 Å². The van der Waals surface area contributed by atoms with Crippen LogP contribution in [0.4, 0.5) is 0 Å². The van der Waals surface area contributed by atoms with Crippen molar-refractivity contribution >= 4 is 21.6 Å². The zero-order valence-electron chi connectivity index (χ0n) is 8.16. The predicted octanol–water partition coefficient (Wildman–Crippen LogP) is 3.42. The molecule has 0 bridgehead atoms. The largest absolute Gasteiger partial charge is 0.241 e. The molecule has 0 unspecified atom stereocenters. The molecule has 12 heavy (non-hydrogen) atoms. The molecule has 0 spiro atoms. The van der Waals surface area contributed by atoms with Gasteiger partial charge in [-0.25, -0.2) is 4.98 Å². The van der Waals surface area contributed by atoms with E-state index in [9.17, 15) is 0 Å². The fourth-order valence-corrected chi connectivity index (χ4v) is 2.03. The lowest BCUT2D eigenvalue weighted by atomic mass is 10.2. The Morgan fingerprint density at radius 2 is 2.33 bits per heavy atom. The van der Waals surface area contributed by atoms with Crippen LogP contribution in [0.2, 0.25) is 0 Å². The average Bonchev–Trinajstić information content (AvgIpc) is 2.46. The van der Waals surface area contributed by atoms with E-state index in [4.69, 9.17) is 1.37 Å². The van der Waals surface area contributed by atoms with E-state index in [2.05, 4.69) is 18.8 Å². The van der Waals surface area contributed by atoms with Crippen molar-refractivity contribution in [2.24, 2.45) is 0 Å². The van der Waals surface area contributed by atoms with Crippen LogP contribution in [0.15, 0.2) is 24.2 Å². The smallest absolute Gasteiger partial charge is 0.0963 e. The second-order valence-corrected chi connectivity index (χ2v) is 4.16. The Kier molecular flexibility index (Phi) is 1.58. The van der Waals surface area contributed by atoms with E-state index in [1.54, 1.807) is 17.4 Å². The molecule has 0 aliphatic heterocycles. The summed E-state index contributed by atoms with van der Waals surface area (Å²) in [5.74, 6) is 0.478. The molecule has 0 saturated heterocycles. The van der Waals surface area contributed by atoms with Gasteiger partial charge in [0.2, 0.25) is 0 Å². The molecule has 0 N–H and O–H groups in total. The first-order chi connectivity index (χ1) is 6.16. The van der Waals surface area contributed by atoms with E-state index in [0.29, 0.717) is 12.0 Å². The fourth-order valence-electron chi connectivity index (χ4n) is 1.08. The molecular formula is C10H11NS. The summed E-state index contributed by atoms with van der Waals surface area (Å²) in [7, 11) is 0. The van der Waals surface area contributed by atoms with Gasteiger partial charge in [0.15, 0.2) is 0 Å². The molecule has 0 fully saturated rings. The molecule has 1 aromatic carbocycles. The minimum Gasteiger partial charge on any atom is -0.241 e. The van der Waals surface area contributed by atoms with Crippen LogP contribution in [-0.4, -0.2) is 4.98 Å². The zero-order chi connectivity index (χ0) is 9.42. The van der Waals surface area contributed by atoms with Gasteiger partial charge in [-0.1, -0.05) is 26.0 Å². The maximum absolute atomic E-state index is 7.47. The van der Waals surface area contributed by atoms with E-state index in [1.165, 1.54) is 0 Å². The van der Waals surface area contributed by atoms with E-state index in [-0.39, 0.29) is 0 Å². The SMILES string of the molecule is [3H]c1ccc2nc(C(C)C)sc2c1. The van der Waals surface area contributed by atoms with Crippen LogP contribution in [-0.2, 0) is 0 Å². The van der Waals surface area contributed by atoms with Gasteiger partial charge < -0.3 is 0 Å². The summed E-state index contributed by atoms with van der Waals surface area (Å²) in [6.45, 7) is 4.28. The highest BCUT2D eigenvalue weighted by molar-refractivity contribution is 7.18. The van der Waals surface area contributed by atoms with Crippen molar-refractivity contribution in [3.8, 4) is 0 Å². The zero-order valence-corrected chi connectivity index (χ0v) is 7.98. The molecule has 2 aromatic rings. The lowest BCUT2D eigenvalue weighted by molar-refractivity contribution is 0.857. The molecule has 0 atom stereocenters. The van der Waals surface area contributed by atoms with Crippen LogP contribution in [0.25, 0.3) is 10.2 Å². The average molecular weight is 179 g/mol. The number of thiazole rings is 1. The summed E-state index contributed by atoms with van der Waals surface area (Å²) < 4.78 is 8.59. The lowest BCUT2D eigenvalue weighted by Gasteiger charge is -1.94. The molecule has 0 aliphatic rings. The number of aromatic nitrogens is 1. The number of rotatable bonds is 1. The second kappa shape index (κ2) is 2.87. The molecule has 0 saturated carbocycles. The van der Waals surface area contributed by atoms with Crippen molar-refractivity contribution in [1.82, 2.24) is 4.98 Å². The Morgan fingerprint density at radius 3 is 3.08 bits per heavy atom. The number of hydrogen-bond donors (Lipinski definition) is 0. The topological polar surface area (TPSA) is 12.9 Å². The molecule has 0 aliphatic carbocycles. The monoisotopic (exact) mass is 179 g/mol. The summed E-state index contributed by atoms with van der Waals surface area (Å²) in [6.07, 6.45) is 0. The molecule has 1 heterocycles. The summed E-state index contributed by atoms with van der Waals surface area (Å²) in [4.78, 5) is 4.49. The Hall–Kier alpha value is -0.890. The highest BCUT2D eigenvalue weighted by atomic mass is 32.1. The Labute approximate surface area is 77.5 Å². The van der Waals surface area contributed by atoms with Crippen LogP contribution >= 0.6 is 11.3 Å². The van der Waals surface area contributed by atoms with Crippen molar-refractivity contribution in [2.45, 2.75) is 19.8 Å². The van der Waals surface area contributed by atoms with Gasteiger partial charge in [-0.15, -0.1) is 11.3 Å². The van der Waals surface area contributed by atoms with Gasteiger partial charge in [-0.2, -0.15) is 0 Å². The molecule has 0 amide bonds. The van der Waals surface area contributed by atoms with Gasteiger partial charge in [0.25, 0.3) is 0 Å². The van der Waals surface area contributed by atoms with Crippen LogP contribution in [0.3, 0.4) is 0 Å². The molecule has 2 heteroatoms. The third-order valence-electron chi connectivity index (χ3n) is 1.74. The molecule has 1 aromatic heterocycles. The number of fused-ring (bicyclic) bond motifs is 1. The van der Waals surface area contributed by atoms with E-state index in [1.807, 2.05) is 12.1 Å². The van der Waals surface area contributed by atoms with Crippen molar-refractivity contribution in [3.63, 3.8) is 0 Å². The van der Waals surface area contributed by atoms with Crippen LogP contribution in [0.1, 0.15) is 26.1 Å². The number of benzene rings is 1. The van der Waals surface area contributed by atoms with Crippen LogP contribution in [0, 0.1) is 0 Å². The number of nitrogens with zero attached hydrogens (tertiary/aromatic N) is 1. The molecule has 2 rings (SSSR count). The first kappa shape index (κ1) is 6.61. The van der Waals surface area contributed by atoms with Crippen molar-refractivity contribution in [3.05, 3.63) is 29.2 Å². The van der Waals surface area contributed by atoms with E-state index >= 15 is 0 Å². The fraction of sp³-hybridized carbons (Fsp3) is 0.300. The summed E-state index contributed by atoms with van der Waals surface area (Å²) in [5, 5.41) is 1.15. The predicted molar refractivity (Wildman–Crippen MR) is 53.7 cm³/mol. The molecular weight excluding hydrogens is 166 g/mol. The van der Waals surface area contributed by atoms with Gasteiger partial charge in [0.05, 0.1) is 16.6 Å². The molecule has 0 radical (unpaired) electrons. The summed E-state index contributed by atoms with van der Waals surface area (Å²) in [6, 6.07) is 6.14. The van der Waals surface area contributed by atoms with Gasteiger partial charge >= 0.3 is 0 Å². The van der Waals surface area contributed by atoms with Crippen molar-refractivity contribution in [1.29, 1.82) is 0 Å². The quantitative estimate of drug-likeness (QED) is 0.653. The maximum atomic E-state index is 7.47. The van der Waals surface area contributed by atoms with Crippen LogP contribution in [0.5, 0.6) is 0 Å². The maximum Gasteiger partial charge on any atom is 0.0963 e. The lowest BCUT2D eigenvalue weighted by Crippen LogP contribution is -1.82. The third-order valence-corrected chi connectivity index (χ3v) is 3.06. The normalized spacial score (nSPS) is 12.4.